The Labute approximate surface area is 162 Å². The molecule has 0 spiro atoms. The van der Waals surface area contributed by atoms with Gasteiger partial charge >= 0.3 is 0 Å². The van der Waals surface area contributed by atoms with E-state index >= 15 is 0 Å². The third kappa shape index (κ3) is 7.21. The lowest BCUT2D eigenvalue weighted by Gasteiger charge is -2.14. The van der Waals surface area contributed by atoms with Gasteiger partial charge in [0.05, 0.1) is 13.2 Å². The van der Waals surface area contributed by atoms with Crippen LogP contribution in [-0.2, 0) is 0 Å². The van der Waals surface area contributed by atoms with Gasteiger partial charge in [0, 0.05) is 24.3 Å². The molecule has 146 valence electrons. The third-order valence-corrected chi connectivity index (χ3v) is 3.87. The number of carbonyl (C=O) groups is 1. The zero-order valence-corrected chi connectivity index (χ0v) is 16.3. The van der Waals surface area contributed by atoms with E-state index in [9.17, 15) is 4.79 Å². The van der Waals surface area contributed by atoms with Crippen molar-refractivity contribution in [2.45, 2.75) is 33.1 Å². The van der Waals surface area contributed by atoms with E-state index in [0.717, 1.165) is 31.5 Å². The summed E-state index contributed by atoms with van der Waals surface area (Å²) in [5.74, 6) is 1.22. The maximum atomic E-state index is 12.4. The van der Waals surface area contributed by atoms with Gasteiger partial charge in [0.15, 0.2) is 11.5 Å². The highest BCUT2D eigenvalue weighted by Crippen LogP contribution is 2.28. The first-order valence-electron chi connectivity index (χ1n) is 9.71. The second-order valence-electron chi connectivity index (χ2n) is 6.26. The van der Waals surface area contributed by atoms with Crippen LogP contribution in [0.5, 0.6) is 11.5 Å². The fourth-order valence-electron chi connectivity index (χ4n) is 2.49. The molecule has 0 aliphatic heterocycles. The molecule has 0 aromatic heterocycles. The fourth-order valence-corrected chi connectivity index (χ4v) is 2.49. The van der Waals surface area contributed by atoms with Gasteiger partial charge in [-0.3, -0.25) is 4.79 Å². The van der Waals surface area contributed by atoms with Crippen LogP contribution in [0.15, 0.2) is 48.5 Å². The zero-order valence-electron chi connectivity index (χ0n) is 16.3. The number of amides is 1. The molecule has 2 aromatic rings. The first kappa shape index (κ1) is 20.6. The van der Waals surface area contributed by atoms with Crippen LogP contribution in [0, 0.1) is 0 Å². The summed E-state index contributed by atoms with van der Waals surface area (Å²) >= 11 is 0. The number of hydrogen-bond donors (Lipinski definition) is 2. The van der Waals surface area contributed by atoms with E-state index in [0.29, 0.717) is 36.8 Å². The molecule has 0 unspecified atom stereocenters. The lowest BCUT2D eigenvalue weighted by molar-refractivity contribution is 0.0953. The molecule has 2 aromatic carbocycles. The number of carbonyl (C=O) groups excluding carboxylic acids is 1. The number of para-hydroxylation sites is 1. The molecule has 0 fully saturated rings. The fraction of sp³-hybridized carbons (Fsp3) is 0.409. The molecule has 5 heteroatoms. The average Bonchev–Trinajstić information content (AvgIpc) is 2.71. The molecule has 0 saturated heterocycles. The number of ether oxygens (including phenoxy) is 2. The highest BCUT2D eigenvalue weighted by atomic mass is 16.5. The normalized spacial score (nSPS) is 10.3. The van der Waals surface area contributed by atoms with Crippen LogP contribution < -0.4 is 20.1 Å². The molecule has 0 bridgehead atoms. The molecule has 2 rings (SSSR count). The van der Waals surface area contributed by atoms with Crippen LogP contribution >= 0.6 is 0 Å². The Balaban J connectivity index is 1.83. The van der Waals surface area contributed by atoms with Gasteiger partial charge in [-0.1, -0.05) is 32.0 Å². The number of anilines is 1. The first-order chi connectivity index (χ1) is 13.2. The van der Waals surface area contributed by atoms with Crippen molar-refractivity contribution < 1.29 is 14.3 Å². The molecule has 0 aliphatic carbocycles. The molecule has 5 nitrogen and oxygen atoms in total. The number of hydrogen-bond acceptors (Lipinski definition) is 4. The molecular weight excluding hydrogens is 340 g/mol. The molecule has 2 N–H and O–H groups in total. The predicted octanol–water partition coefficient (Wildman–Crippen LogP) is 4.50. The van der Waals surface area contributed by atoms with E-state index in [1.807, 2.05) is 43.3 Å². The van der Waals surface area contributed by atoms with E-state index in [2.05, 4.69) is 17.6 Å². The zero-order chi connectivity index (χ0) is 19.3. The van der Waals surface area contributed by atoms with Gasteiger partial charge in [-0.2, -0.15) is 0 Å². The van der Waals surface area contributed by atoms with E-state index in [1.54, 1.807) is 12.1 Å². The largest absolute Gasteiger partial charge is 0.490 e. The Hall–Kier alpha value is -2.69. The molecule has 0 radical (unpaired) electrons. The molecule has 1 amide bonds. The van der Waals surface area contributed by atoms with Crippen LogP contribution in [0.1, 0.15) is 43.5 Å². The molecule has 0 heterocycles. The summed E-state index contributed by atoms with van der Waals surface area (Å²) in [6, 6.07) is 15.4. The van der Waals surface area contributed by atoms with Crippen LogP contribution in [0.3, 0.4) is 0 Å². The number of benzene rings is 2. The minimum atomic E-state index is -0.0990. The van der Waals surface area contributed by atoms with Crippen molar-refractivity contribution in [2.24, 2.45) is 0 Å². The third-order valence-electron chi connectivity index (χ3n) is 3.87. The number of nitrogens with one attached hydrogen (secondary N) is 2. The molecule has 0 atom stereocenters. The van der Waals surface area contributed by atoms with Gasteiger partial charge in [0.1, 0.15) is 0 Å². The van der Waals surface area contributed by atoms with Crippen LogP contribution in [0.25, 0.3) is 0 Å². The summed E-state index contributed by atoms with van der Waals surface area (Å²) in [6.07, 6.45) is 2.67. The van der Waals surface area contributed by atoms with Crippen molar-refractivity contribution >= 4 is 11.6 Å². The van der Waals surface area contributed by atoms with Gasteiger partial charge in [0.2, 0.25) is 0 Å². The highest BCUT2D eigenvalue weighted by molar-refractivity contribution is 5.94. The summed E-state index contributed by atoms with van der Waals surface area (Å²) in [4.78, 5) is 12.4. The summed E-state index contributed by atoms with van der Waals surface area (Å²) in [5, 5.41) is 6.29. The Morgan fingerprint density at radius 3 is 2.30 bits per heavy atom. The van der Waals surface area contributed by atoms with Crippen molar-refractivity contribution in [1.29, 1.82) is 0 Å². The van der Waals surface area contributed by atoms with Crippen molar-refractivity contribution in [1.82, 2.24) is 5.32 Å². The first-order valence-corrected chi connectivity index (χ1v) is 9.71. The van der Waals surface area contributed by atoms with Crippen molar-refractivity contribution in [3.05, 3.63) is 54.1 Å². The minimum absolute atomic E-state index is 0.0990. The van der Waals surface area contributed by atoms with E-state index < -0.39 is 0 Å². The molecule has 0 saturated carbocycles. The molecular formula is C22H30N2O3. The summed E-state index contributed by atoms with van der Waals surface area (Å²) in [7, 11) is 0. The smallest absolute Gasteiger partial charge is 0.251 e. The van der Waals surface area contributed by atoms with Gasteiger partial charge in [0.25, 0.3) is 5.91 Å². The van der Waals surface area contributed by atoms with Gasteiger partial charge in [-0.15, -0.1) is 0 Å². The van der Waals surface area contributed by atoms with E-state index in [-0.39, 0.29) is 5.91 Å². The Morgan fingerprint density at radius 2 is 1.59 bits per heavy atom. The highest BCUT2D eigenvalue weighted by Gasteiger charge is 2.11. The quantitative estimate of drug-likeness (QED) is 0.540. The topological polar surface area (TPSA) is 59.6 Å². The Morgan fingerprint density at radius 1 is 0.889 bits per heavy atom. The van der Waals surface area contributed by atoms with E-state index in [1.165, 1.54) is 0 Å². The second kappa shape index (κ2) is 11.8. The Kier molecular flexibility index (Phi) is 9.04. The van der Waals surface area contributed by atoms with Crippen LogP contribution in [0.2, 0.25) is 0 Å². The number of rotatable bonds is 12. The average molecular weight is 370 g/mol. The SMILES string of the molecule is CCCOc1ccc(C(=O)NCCCNc2ccccc2)cc1OCCC. The summed E-state index contributed by atoms with van der Waals surface area (Å²) in [5.41, 5.74) is 1.67. The maximum absolute atomic E-state index is 12.4. The van der Waals surface area contributed by atoms with Gasteiger partial charge < -0.3 is 20.1 Å². The Bertz CT molecular complexity index is 689. The standard InChI is InChI=1S/C22H30N2O3/c1-3-15-26-20-12-11-18(17-21(20)27-16-4-2)22(25)24-14-8-13-23-19-9-6-5-7-10-19/h5-7,9-12,17,23H,3-4,8,13-16H2,1-2H3,(H,24,25). The second-order valence-corrected chi connectivity index (χ2v) is 6.26. The maximum Gasteiger partial charge on any atom is 0.251 e. The van der Waals surface area contributed by atoms with Crippen LogP contribution in [0.4, 0.5) is 5.69 Å². The van der Waals surface area contributed by atoms with Gasteiger partial charge in [-0.05, 0) is 49.6 Å². The predicted molar refractivity (Wildman–Crippen MR) is 110 cm³/mol. The molecule has 0 aliphatic rings. The van der Waals surface area contributed by atoms with Crippen molar-refractivity contribution in [3.8, 4) is 11.5 Å². The van der Waals surface area contributed by atoms with E-state index in [4.69, 9.17) is 9.47 Å². The summed E-state index contributed by atoms with van der Waals surface area (Å²) in [6.45, 7) is 6.74. The molecule has 27 heavy (non-hydrogen) atoms. The van der Waals surface area contributed by atoms with Gasteiger partial charge in [-0.25, -0.2) is 0 Å². The van der Waals surface area contributed by atoms with Crippen molar-refractivity contribution in [3.63, 3.8) is 0 Å². The van der Waals surface area contributed by atoms with Crippen LogP contribution in [-0.4, -0.2) is 32.2 Å². The van der Waals surface area contributed by atoms with Crippen molar-refractivity contribution in [2.75, 3.05) is 31.6 Å². The minimum Gasteiger partial charge on any atom is -0.490 e. The lowest BCUT2D eigenvalue weighted by atomic mass is 10.2. The summed E-state index contributed by atoms with van der Waals surface area (Å²) < 4.78 is 11.5. The lowest BCUT2D eigenvalue weighted by Crippen LogP contribution is -2.25. The monoisotopic (exact) mass is 370 g/mol.